The number of hydrogen-bond donors (Lipinski definition) is 1. The van der Waals surface area contributed by atoms with Gasteiger partial charge in [-0.15, -0.1) is 0 Å². The lowest BCUT2D eigenvalue weighted by molar-refractivity contribution is 0.569. The van der Waals surface area contributed by atoms with Crippen molar-refractivity contribution in [1.29, 1.82) is 0 Å². The molecule has 5 nitrogen and oxygen atoms in total. The minimum atomic E-state index is -2.84. The fourth-order valence-corrected chi connectivity index (χ4v) is 3.50. The molecule has 1 N–H and O–H groups in total. The van der Waals surface area contributed by atoms with Gasteiger partial charge in [0.1, 0.15) is 5.82 Å². The molecule has 1 aromatic heterocycles. The maximum Gasteiger partial charge on any atom is 0.153 e. The smallest absolute Gasteiger partial charge is 0.153 e. The van der Waals surface area contributed by atoms with E-state index in [4.69, 9.17) is 0 Å². The Hall–Kier alpha value is -1.14. The zero-order valence-corrected chi connectivity index (χ0v) is 13.0. The highest BCUT2D eigenvalue weighted by atomic mass is 32.2. The molecule has 1 atom stereocenters. The van der Waals surface area contributed by atoms with Crippen molar-refractivity contribution in [1.82, 2.24) is 10.3 Å². The van der Waals surface area contributed by atoms with E-state index in [1.54, 1.807) is 6.20 Å². The van der Waals surface area contributed by atoms with Gasteiger partial charge in [0.05, 0.1) is 11.5 Å². The molecule has 1 aliphatic rings. The van der Waals surface area contributed by atoms with E-state index in [0.717, 1.165) is 18.8 Å². The topological polar surface area (TPSA) is 62.3 Å². The van der Waals surface area contributed by atoms with Gasteiger partial charge in [-0.05, 0) is 37.6 Å². The molecule has 0 spiro atoms. The molecule has 2 heterocycles. The molecule has 112 valence electrons. The molecule has 1 aliphatic heterocycles. The summed E-state index contributed by atoms with van der Waals surface area (Å²) in [5, 5.41) is 3.45. The maximum atomic E-state index is 11.5. The molecular weight excluding hydrogens is 274 g/mol. The highest BCUT2D eigenvalue weighted by molar-refractivity contribution is 7.91. The molecule has 1 unspecified atom stereocenters. The lowest BCUT2D eigenvalue weighted by Gasteiger charge is -2.28. The molecule has 0 bridgehead atoms. The Morgan fingerprint density at radius 1 is 1.40 bits per heavy atom. The van der Waals surface area contributed by atoms with E-state index < -0.39 is 9.84 Å². The molecule has 0 radical (unpaired) electrons. The van der Waals surface area contributed by atoms with Crippen LogP contribution in [0.2, 0.25) is 0 Å². The van der Waals surface area contributed by atoms with Gasteiger partial charge < -0.3 is 10.2 Å². The Labute approximate surface area is 121 Å². The van der Waals surface area contributed by atoms with Gasteiger partial charge in [0.25, 0.3) is 0 Å². The van der Waals surface area contributed by atoms with Crippen LogP contribution in [-0.4, -0.2) is 44.5 Å². The van der Waals surface area contributed by atoms with E-state index in [9.17, 15) is 8.42 Å². The summed E-state index contributed by atoms with van der Waals surface area (Å²) >= 11 is 0. The maximum absolute atomic E-state index is 11.5. The zero-order valence-electron chi connectivity index (χ0n) is 12.2. The monoisotopic (exact) mass is 297 g/mol. The SMILES string of the molecule is CCCNC(C)c1ccnc(N2CCS(=O)(=O)CC2)c1. The molecule has 1 fully saturated rings. The van der Waals surface area contributed by atoms with E-state index in [1.807, 2.05) is 6.07 Å². The fraction of sp³-hybridized carbons (Fsp3) is 0.643. The highest BCUT2D eigenvalue weighted by Gasteiger charge is 2.22. The van der Waals surface area contributed by atoms with Gasteiger partial charge >= 0.3 is 0 Å². The van der Waals surface area contributed by atoms with Gasteiger partial charge in [-0.25, -0.2) is 13.4 Å². The van der Waals surface area contributed by atoms with Gasteiger partial charge in [-0.1, -0.05) is 6.92 Å². The Kier molecular flexibility index (Phi) is 4.99. The second-order valence-electron chi connectivity index (χ2n) is 5.26. The van der Waals surface area contributed by atoms with Crippen molar-refractivity contribution in [3.8, 4) is 0 Å². The van der Waals surface area contributed by atoms with Gasteiger partial charge in [0.2, 0.25) is 0 Å². The van der Waals surface area contributed by atoms with E-state index >= 15 is 0 Å². The van der Waals surface area contributed by atoms with Crippen LogP contribution in [0.4, 0.5) is 5.82 Å². The summed E-state index contributed by atoms with van der Waals surface area (Å²) in [5.74, 6) is 1.33. The van der Waals surface area contributed by atoms with Crippen LogP contribution in [0.15, 0.2) is 18.3 Å². The van der Waals surface area contributed by atoms with Crippen LogP contribution < -0.4 is 10.2 Å². The van der Waals surface area contributed by atoms with E-state index in [-0.39, 0.29) is 17.5 Å². The third-order valence-electron chi connectivity index (χ3n) is 3.64. The van der Waals surface area contributed by atoms with E-state index in [2.05, 4.69) is 35.1 Å². The molecule has 1 saturated heterocycles. The molecule has 20 heavy (non-hydrogen) atoms. The first kappa shape index (κ1) is 15.3. The Morgan fingerprint density at radius 2 is 2.10 bits per heavy atom. The van der Waals surface area contributed by atoms with Crippen molar-refractivity contribution in [2.24, 2.45) is 0 Å². The lowest BCUT2D eigenvalue weighted by Crippen LogP contribution is -2.40. The first-order chi connectivity index (χ1) is 9.52. The molecule has 2 rings (SSSR count). The summed E-state index contributed by atoms with van der Waals surface area (Å²) in [6.45, 7) is 6.34. The van der Waals surface area contributed by atoms with Crippen molar-refractivity contribution in [3.63, 3.8) is 0 Å². The normalized spacial score (nSPS) is 19.8. The second kappa shape index (κ2) is 6.54. The zero-order chi connectivity index (χ0) is 14.6. The van der Waals surface area contributed by atoms with Crippen LogP contribution in [0.5, 0.6) is 0 Å². The number of sulfone groups is 1. The Bertz CT molecular complexity index is 531. The van der Waals surface area contributed by atoms with Crippen LogP contribution in [0, 0.1) is 0 Å². The number of rotatable bonds is 5. The minimum Gasteiger partial charge on any atom is -0.355 e. The molecule has 1 aromatic rings. The molecule has 0 aliphatic carbocycles. The predicted octanol–water partition coefficient (Wildman–Crippen LogP) is 1.38. The number of hydrogen-bond acceptors (Lipinski definition) is 5. The highest BCUT2D eigenvalue weighted by Crippen LogP contribution is 2.19. The van der Waals surface area contributed by atoms with Gasteiger partial charge in [-0.2, -0.15) is 0 Å². The summed E-state index contributed by atoms with van der Waals surface area (Å²) in [5.41, 5.74) is 1.19. The molecule has 0 amide bonds. The summed E-state index contributed by atoms with van der Waals surface area (Å²) in [6, 6.07) is 4.35. The summed E-state index contributed by atoms with van der Waals surface area (Å²) in [4.78, 5) is 6.43. The predicted molar refractivity (Wildman–Crippen MR) is 81.8 cm³/mol. The lowest BCUT2D eigenvalue weighted by atomic mass is 10.1. The van der Waals surface area contributed by atoms with Gasteiger partial charge in [0.15, 0.2) is 9.84 Å². The van der Waals surface area contributed by atoms with Crippen molar-refractivity contribution in [2.45, 2.75) is 26.3 Å². The van der Waals surface area contributed by atoms with E-state index in [1.165, 1.54) is 5.56 Å². The van der Waals surface area contributed by atoms with Crippen LogP contribution in [0.25, 0.3) is 0 Å². The number of nitrogens with one attached hydrogen (secondary N) is 1. The number of aromatic nitrogens is 1. The number of nitrogens with zero attached hydrogens (tertiary/aromatic N) is 2. The van der Waals surface area contributed by atoms with Crippen LogP contribution in [-0.2, 0) is 9.84 Å². The van der Waals surface area contributed by atoms with Crippen molar-refractivity contribution < 1.29 is 8.42 Å². The average molecular weight is 297 g/mol. The van der Waals surface area contributed by atoms with Crippen molar-refractivity contribution in [3.05, 3.63) is 23.9 Å². The second-order valence-corrected chi connectivity index (χ2v) is 7.57. The van der Waals surface area contributed by atoms with Gasteiger partial charge in [-0.3, -0.25) is 0 Å². The first-order valence-corrected chi connectivity index (χ1v) is 8.98. The fourth-order valence-electron chi connectivity index (χ4n) is 2.30. The molecular formula is C14H23N3O2S. The Morgan fingerprint density at radius 3 is 2.75 bits per heavy atom. The standard InChI is InChI=1S/C14H23N3O2S/c1-3-5-15-12(2)13-4-6-16-14(11-13)17-7-9-20(18,19)10-8-17/h4,6,11-12,15H,3,5,7-10H2,1-2H3. The summed E-state index contributed by atoms with van der Waals surface area (Å²) in [6.07, 6.45) is 2.91. The summed E-state index contributed by atoms with van der Waals surface area (Å²) in [7, 11) is -2.84. The molecule has 0 aromatic carbocycles. The first-order valence-electron chi connectivity index (χ1n) is 7.16. The van der Waals surface area contributed by atoms with Crippen LogP contribution in [0.1, 0.15) is 31.9 Å². The average Bonchev–Trinajstić information content (AvgIpc) is 2.45. The largest absolute Gasteiger partial charge is 0.355 e. The van der Waals surface area contributed by atoms with Crippen LogP contribution in [0.3, 0.4) is 0 Å². The minimum absolute atomic E-state index is 0.225. The summed E-state index contributed by atoms with van der Waals surface area (Å²) < 4.78 is 22.9. The van der Waals surface area contributed by atoms with Crippen molar-refractivity contribution in [2.75, 3.05) is 36.0 Å². The van der Waals surface area contributed by atoms with Crippen molar-refractivity contribution >= 4 is 15.7 Å². The third kappa shape index (κ3) is 3.93. The van der Waals surface area contributed by atoms with Crippen LogP contribution >= 0.6 is 0 Å². The quantitative estimate of drug-likeness (QED) is 0.889. The number of pyridine rings is 1. The third-order valence-corrected chi connectivity index (χ3v) is 5.25. The Balaban J connectivity index is 2.06. The van der Waals surface area contributed by atoms with Gasteiger partial charge in [0, 0.05) is 25.3 Å². The molecule has 0 saturated carbocycles. The molecule has 6 heteroatoms. The van der Waals surface area contributed by atoms with E-state index in [0.29, 0.717) is 13.1 Å². The number of anilines is 1.